The van der Waals surface area contributed by atoms with Crippen molar-refractivity contribution in [3.05, 3.63) is 94.3 Å². The van der Waals surface area contributed by atoms with Crippen molar-refractivity contribution >= 4 is 38.6 Å². The molecule has 3 aliphatic rings. The molecular weight excluding hydrogens is 642 g/mol. The summed E-state index contributed by atoms with van der Waals surface area (Å²) in [4.78, 5) is 23.0. The molecule has 1 amide bonds. The van der Waals surface area contributed by atoms with Gasteiger partial charge in [0.1, 0.15) is 10.7 Å². The summed E-state index contributed by atoms with van der Waals surface area (Å²) in [6.45, 7) is 8.86. The average molecular weight is 688 g/mol. The molecule has 0 unspecified atom stereocenters. The van der Waals surface area contributed by atoms with Gasteiger partial charge in [0.25, 0.3) is 5.91 Å². The molecule has 2 bridgehead atoms. The van der Waals surface area contributed by atoms with Crippen molar-refractivity contribution in [3.63, 3.8) is 0 Å². The number of para-hydroxylation sites is 2. The average Bonchev–Trinajstić information content (AvgIpc) is 3.53. The number of nitrogens with two attached hydrogens (primary N) is 1. The first-order chi connectivity index (χ1) is 22.9. The van der Waals surface area contributed by atoms with Crippen LogP contribution in [0.2, 0.25) is 5.02 Å². The number of aromatic nitrogens is 2. The van der Waals surface area contributed by atoms with Gasteiger partial charge >= 0.3 is 0 Å². The highest BCUT2D eigenvalue weighted by molar-refractivity contribution is 7.89. The van der Waals surface area contributed by atoms with Crippen LogP contribution in [0.4, 0.5) is 0 Å². The number of nitrogens with zero attached hydrogens (tertiary/aromatic N) is 4. The summed E-state index contributed by atoms with van der Waals surface area (Å²) in [5, 5.41) is 5.39. The quantitative estimate of drug-likeness (QED) is 0.211. The lowest BCUT2D eigenvalue weighted by atomic mass is 9.69. The van der Waals surface area contributed by atoms with Crippen molar-refractivity contribution in [2.45, 2.75) is 100 Å². The van der Waals surface area contributed by atoms with E-state index in [2.05, 4.69) is 78.8 Å². The molecule has 4 heterocycles. The zero-order chi connectivity index (χ0) is 33.8. The third-order valence-electron chi connectivity index (χ3n) is 11.5. The molecule has 2 N–H and O–H groups in total. The minimum absolute atomic E-state index is 0.0169. The number of likely N-dealkylation sites (tertiary alicyclic amines) is 1. The van der Waals surface area contributed by atoms with Crippen molar-refractivity contribution in [1.29, 1.82) is 0 Å². The predicted octanol–water partition coefficient (Wildman–Crippen LogP) is 7.20. The molecule has 4 aromatic rings. The van der Waals surface area contributed by atoms with Crippen LogP contribution in [0.25, 0.3) is 11.0 Å². The molecule has 3 saturated heterocycles. The monoisotopic (exact) mass is 687 g/mol. The fraction of sp³-hybridized carbons (Fsp3) is 0.474. The number of halogens is 1. The van der Waals surface area contributed by atoms with Crippen molar-refractivity contribution in [2.24, 2.45) is 5.14 Å². The summed E-state index contributed by atoms with van der Waals surface area (Å²) in [6.07, 6.45) is 7.52. The first-order valence-electron chi connectivity index (χ1n) is 17.3. The Balaban J connectivity index is 1.10. The molecule has 0 spiro atoms. The lowest BCUT2D eigenvalue weighted by molar-refractivity contribution is 0.0606. The van der Waals surface area contributed by atoms with E-state index in [1.54, 1.807) is 6.07 Å². The fourth-order valence-corrected chi connectivity index (χ4v) is 9.95. The molecule has 0 aliphatic carbocycles. The van der Waals surface area contributed by atoms with Gasteiger partial charge in [-0.05, 0) is 111 Å². The Kier molecular flexibility index (Phi) is 8.94. The molecule has 254 valence electrons. The number of rotatable bonds is 8. The highest BCUT2D eigenvalue weighted by Gasteiger charge is 2.44. The largest absolute Gasteiger partial charge is 0.339 e. The van der Waals surface area contributed by atoms with Crippen molar-refractivity contribution in [2.75, 3.05) is 19.6 Å². The number of fused-ring (bicyclic) bond motifs is 3. The van der Waals surface area contributed by atoms with Crippen LogP contribution in [0, 0.1) is 6.92 Å². The number of carbonyl (C=O) groups excluding carboxylic acids is 1. The van der Waals surface area contributed by atoms with Gasteiger partial charge in [0, 0.05) is 36.8 Å². The topological polar surface area (TPSA) is 102 Å². The number of amides is 1. The molecule has 0 radical (unpaired) electrons. The second kappa shape index (κ2) is 12.9. The molecule has 7 rings (SSSR count). The molecular formula is C38H46ClN5O3S. The van der Waals surface area contributed by atoms with Crippen LogP contribution in [0.3, 0.4) is 0 Å². The zero-order valence-corrected chi connectivity index (χ0v) is 29.7. The van der Waals surface area contributed by atoms with Crippen LogP contribution < -0.4 is 5.14 Å². The number of hydrogen-bond acceptors (Lipinski definition) is 5. The fourth-order valence-electron chi connectivity index (χ4n) is 8.88. The first-order valence-corrected chi connectivity index (χ1v) is 19.3. The SMILES string of the molecule is Cc1nc2ccccc2n1[C@H]1C[C@H]2CC[C@@H](C1)N2CCC1(c2cccc(C(C)C)c2)CCN(C(=O)c2ccc(Cl)c(S(N)(=O)=O)c2)CC1. The van der Waals surface area contributed by atoms with Gasteiger partial charge in [-0.3, -0.25) is 9.69 Å². The van der Waals surface area contributed by atoms with Gasteiger partial charge in [0.2, 0.25) is 10.0 Å². The molecule has 1 aromatic heterocycles. The first kappa shape index (κ1) is 33.3. The minimum atomic E-state index is -4.05. The summed E-state index contributed by atoms with van der Waals surface area (Å²) in [5.41, 5.74) is 5.27. The van der Waals surface area contributed by atoms with Gasteiger partial charge in [0.15, 0.2) is 0 Å². The van der Waals surface area contributed by atoms with Crippen LogP contribution >= 0.6 is 11.6 Å². The highest BCUT2D eigenvalue weighted by Crippen LogP contribution is 2.45. The third-order valence-corrected chi connectivity index (χ3v) is 12.9. The maximum absolute atomic E-state index is 13.6. The summed E-state index contributed by atoms with van der Waals surface area (Å²) < 4.78 is 26.7. The maximum Gasteiger partial charge on any atom is 0.253 e. The molecule has 3 aromatic carbocycles. The summed E-state index contributed by atoms with van der Waals surface area (Å²) in [6, 6.07) is 23.5. The predicted molar refractivity (Wildman–Crippen MR) is 191 cm³/mol. The number of imidazole rings is 1. The Hall–Kier alpha value is -3.24. The second-order valence-corrected chi connectivity index (χ2v) is 16.5. The molecule has 10 heteroatoms. The van der Waals surface area contributed by atoms with E-state index in [1.807, 2.05) is 4.90 Å². The normalized spacial score (nSPS) is 22.9. The number of piperidine rings is 2. The zero-order valence-electron chi connectivity index (χ0n) is 28.1. The van der Waals surface area contributed by atoms with Crippen LogP contribution in [0.1, 0.15) is 98.1 Å². The van der Waals surface area contributed by atoms with Crippen molar-refractivity contribution in [1.82, 2.24) is 19.4 Å². The third kappa shape index (κ3) is 6.19. The summed E-state index contributed by atoms with van der Waals surface area (Å²) in [7, 11) is -4.05. The standard InChI is InChI=1S/C38H46ClN5O3S/c1-25(2)27-7-6-8-29(21-27)38(15-18-42(19-16-38)37(45)28-11-14-33(39)36(22-28)48(40,46)47)17-20-43-30-12-13-31(43)24-32(23-30)44-26(3)41-34-9-4-5-10-35(34)44/h4-11,14,21-22,25,30-32H,12-13,15-20,23-24H2,1-3H3,(H2,40,46,47)/t30-,31+,32+. The van der Waals surface area contributed by atoms with Gasteiger partial charge in [-0.1, -0.05) is 61.8 Å². The van der Waals surface area contributed by atoms with E-state index in [-0.39, 0.29) is 26.8 Å². The van der Waals surface area contributed by atoms with E-state index in [9.17, 15) is 13.2 Å². The lowest BCUT2D eigenvalue weighted by Gasteiger charge is -2.46. The van der Waals surface area contributed by atoms with Crippen molar-refractivity contribution in [3.8, 4) is 0 Å². The van der Waals surface area contributed by atoms with Gasteiger partial charge in [-0.15, -0.1) is 0 Å². The minimum Gasteiger partial charge on any atom is -0.339 e. The van der Waals surface area contributed by atoms with Gasteiger partial charge in [0.05, 0.1) is 16.1 Å². The second-order valence-electron chi connectivity index (χ2n) is 14.6. The highest BCUT2D eigenvalue weighted by atomic mass is 35.5. The van der Waals surface area contributed by atoms with E-state index in [1.165, 1.54) is 41.6 Å². The maximum atomic E-state index is 13.6. The van der Waals surface area contributed by atoms with Crippen LogP contribution in [0.15, 0.2) is 71.6 Å². The molecule has 8 nitrogen and oxygen atoms in total. The molecule has 48 heavy (non-hydrogen) atoms. The van der Waals surface area contributed by atoms with E-state index in [4.69, 9.17) is 21.7 Å². The van der Waals surface area contributed by atoms with Crippen LogP contribution in [-0.4, -0.2) is 65.4 Å². The van der Waals surface area contributed by atoms with E-state index in [0.29, 0.717) is 37.1 Å². The number of benzene rings is 3. The van der Waals surface area contributed by atoms with E-state index in [0.717, 1.165) is 50.0 Å². The Bertz CT molecular complexity index is 1930. The molecule has 3 fully saturated rings. The number of carbonyl (C=O) groups is 1. The van der Waals surface area contributed by atoms with Crippen molar-refractivity contribution < 1.29 is 13.2 Å². The van der Waals surface area contributed by atoms with Crippen LogP contribution in [-0.2, 0) is 15.4 Å². The summed E-state index contributed by atoms with van der Waals surface area (Å²) >= 11 is 6.11. The lowest BCUT2D eigenvalue weighted by Crippen LogP contribution is -2.49. The molecule has 3 aliphatic heterocycles. The van der Waals surface area contributed by atoms with Crippen LogP contribution in [0.5, 0.6) is 0 Å². The number of primary sulfonamides is 1. The van der Waals surface area contributed by atoms with Gasteiger partial charge in [-0.25, -0.2) is 18.5 Å². The smallest absolute Gasteiger partial charge is 0.253 e. The number of hydrogen-bond donors (Lipinski definition) is 1. The van der Waals surface area contributed by atoms with E-state index >= 15 is 0 Å². The van der Waals surface area contributed by atoms with E-state index < -0.39 is 10.0 Å². The summed E-state index contributed by atoms with van der Waals surface area (Å²) in [5.74, 6) is 1.35. The van der Waals surface area contributed by atoms with Gasteiger partial charge < -0.3 is 9.47 Å². The Morgan fingerprint density at radius 2 is 1.69 bits per heavy atom. The molecule has 3 atom stereocenters. The Labute approximate surface area is 289 Å². The Morgan fingerprint density at radius 1 is 0.979 bits per heavy atom. The van der Waals surface area contributed by atoms with Gasteiger partial charge in [-0.2, -0.15) is 0 Å². The number of aryl methyl sites for hydroxylation is 1. The molecule has 0 saturated carbocycles. The number of sulfonamides is 1. The Morgan fingerprint density at radius 3 is 2.38 bits per heavy atom.